The van der Waals surface area contributed by atoms with E-state index in [0.717, 1.165) is 44.1 Å². The van der Waals surface area contributed by atoms with Gasteiger partial charge in [0.1, 0.15) is 30.5 Å². The van der Waals surface area contributed by atoms with E-state index in [4.69, 9.17) is 18.9 Å². The standard InChI is InChI=1S/C35H54O8/c1-17(2)26-20-14-18(3)27-31(6)12-13-34-16-33(34)11-10-23(41-28-25(38)24(37)19(36)15-40-28)30(4,5)21(33)8-9-22(34)32(31,7)29(39)35(27,42-20)43-26/h18-29,36-39H,1,8-16H2,2-7H3/t18-,19-,20-,21+,22+,23+,24+,25-,26+,27-,28+,29-,31-,32-,33-,34+,35+/m1/s1. The highest BCUT2D eigenvalue weighted by atomic mass is 16.8. The third-order valence-electron chi connectivity index (χ3n) is 15.7. The van der Waals surface area contributed by atoms with Gasteiger partial charge in [0.15, 0.2) is 12.1 Å². The van der Waals surface area contributed by atoms with Gasteiger partial charge in [0.05, 0.1) is 18.8 Å². The molecule has 8 fully saturated rings. The number of rotatable bonds is 3. The van der Waals surface area contributed by atoms with E-state index in [2.05, 4.69) is 41.2 Å². The fourth-order valence-electron chi connectivity index (χ4n) is 13.8. The van der Waals surface area contributed by atoms with E-state index in [9.17, 15) is 20.4 Å². The summed E-state index contributed by atoms with van der Waals surface area (Å²) >= 11 is 0. The Morgan fingerprint density at radius 3 is 2.30 bits per heavy atom. The molecule has 3 saturated heterocycles. The molecule has 43 heavy (non-hydrogen) atoms. The zero-order chi connectivity index (χ0) is 30.7. The van der Waals surface area contributed by atoms with Crippen molar-refractivity contribution in [1.29, 1.82) is 0 Å². The van der Waals surface area contributed by atoms with Crippen molar-refractivity contribution >= 4 is 0 Å². The van der Waals surface area contributed by atoms with Gasteiger partial charge in [-0.3, -0.25) is 0 Å². The monoisotopic (exact) mass is 602 g/mol. The minimum atomic E-state index is -1.27. The number of fused-ring (bicyclic) bond motifs is 4. The molecule has 0 unspecified atom stereocenters. The van der Waals surface area contributed by atoms with Gasteiger partial charge in [-0.05, 0) is 103 Å². The lowest BCUT2D eigenvalue weighted by atomic mass is 9.41. The molecule has 5 saturated carbocycles. The highest BCUT2D eigenvalue weighted by Crippen LogP contribution is 2.90. The van der Waals surface area contributed by atoms with E-state index in [1.54, 1.807) is 0 Å². The summed E-state index contributed by atoms with van der Waals surface area (Å²) in [4.78, 5) is 0. The number of hydrogen-bond acceptors (Lipinski definition) is 8. The van der Waals surface area contributed by atoms with Gasteiger partial charge in [-0.2, -0.15) is 0 Å². The Labute approximate surface area is 256 Å². The molecule has 17 atom stereocenters. The van der Waals surface area contributed by atoms with Crippen LogP contribution in [0.2, 0.25) is 0 Å². The molecule has 8 aliphatic rings. The number of ether oxygens (including phenoxy) is 4. The number of aliphatic hydroxyl groups is 4. The first kappa shape index (κ1) is 29.8. The van der Waals surface area contributed by atoms with Gasteiger partial charge in [-0.15, -0.1) is 0 Å². The second-order valence-corrected chi connectivity index (χ2v) is 17.5. The smallest absolute Gasteiger partial charge is 0.199 e. The maximum Gasteiger partial charge on any atom is 0.199 e. The average Bonchev–Trinajstić information content (AvgIpc) is 3.46. The molecule has 8 heteroatoms. The van der Waals surface area contributed by atoms with E-state index in [1.807, 2.05) is 6.92 Å². The zero-order valence-corrected chi connectivity index (χ0v) is 26.9. The molecule has 0 aromatic carbocycles. The fraction of sp³-hybridized carbons (Fsp3) is 0.943. The Kier molecular flexibility index (Phi) is 6.14. The van der Waals surface area contributed by atoms with Gasteiger partial charge in [0.25, 0.3) is 0 Å². The Bertz CT molecular complexity index is 1210. The lowest BCUT2D eigenvalue weighted by Crippen LogP contribution is -2.61. The van der Waals surface area contributed by atoms with E-state index >= 15 is 0 Å². The molecular formula is C35H54O8. The number of aliphatic hydroxyl groups excluding tert-OH is 4. The summed E-state index contributed by atoms with van der Waals surface area (Å²) in [6.45, 7) is 18.1. The molecule has 0 aromatic heterocycles. The van der Waals surface area contributed by atoms with Crippen LogP contribution < -0.4 is 0 Å². The Hall–Kier alpha value is -0.580. The topological polar surface area (TPSA) is 118 Å². The molecule has 0 amide bonds. The minimum absolute atomic E-state index is 0.0326. The van der Waals surface area contributed by atoms with Crippen molar-refractivity contribution in [2.45, 2.75) is 148 Å². The first-order valence-corrected chi connectivity index (χ1v) is 17.1. The molecule has 242 valence electrons. The Morgan fingerprint density at radius 2 is 1.58 bits per heavy atom. The summed E-state index contributed by atoms with van der Waals surface area (Å²) in [6.07, 6.45) is 2.97. The van der Waals surface area contributed by atoms with Crippen molar-refractivity contribution < 1.29 is 39.4 Å². The van der Waals surface area contributed by atoms with Gasteiger partial charge in [0.2, 0.25) is 0 Å². The van der Waals surface area contributed by atoms with Gasteiger partial charge in [-0.1, -0.05) is 41.2 Å². The van der Waals surface area contributed by atoms with Crippen LogP contribution in [0.5, 0.6) is 0 Å². The number of hydrogen-bond donors (Lipinski definition) is 4. The van der Waals surface area contributed by atoms with Crippen LogP contribution in [0.1, 0.15) is 92.9 Å². The summed E-state index contributed by atoms with van der Waals surface area (Å²) in [5.74, 6) is 0.477. The van der Waals surface area contributed by atoms with Gasteiger partial charge in [0, 0.05) is 11.3 Å². The quantitative estimate of drug-likeness (QED) is 0.284. The average molecular weight is 603 g/mol. The van der Waals surface area contributed by atoms with Crippen molar-refractivity contribution in [2.75, 3.05) is 6.61 Å². The molecule has 5 aliphatic carbocycles. The molecule has 4 N–H and O–H groups in total. The molecule has 3 aliphatic heterocycles. The van der Waals surface area contributed by atoms with Crippen LogP contribution >= 0.6 is 0 Å². The van der Waals surface area contributed by atoms with Crippen LogP contribution in [-0.4, -0.2) is 81.8 Å². The SMILES string of the molecule is C=C(C)[C@@H]1O[C@@]23O[C@@H]1C[C@@H](C)[C@@H]2[C@@]1(C)CC[C@@]24C[C@@]25CC[C@H](O[C@@H]2OC[C@@H](O)[C@H](O)[C@H]2O)C(C)(C)[C@@H]5CC[C@H]4[C@]1(C)[C@H]3O. The Balaban J connectivity index is 1.10. The third kappa shape index (κ3) is 3.26. The molecule has 3 heterocycles. The van der Waals surface area contributed by atoms with Crippen LogP contribution in [0.25, 0.3) is 0 Å². The molecule has 0 radical (unpaired) electrons. The third-order valence-corrected chi connectivity index (χ3v) is 15.7. The molecule has 8 rings (SSSR count). The molecule has 3 spiro atoms. The van der Waals surface area contributed by atoms with Crippen LogP contribution in [0, 0.1) is 50.7 Å². The zero-order valence-electron chi connectivity index (χ0n) is 26.9. The molecule has 2 bridgehead atoms. The maximum atomic E-state index is 12.6. The maximum absolute atomic E-state index is 12.6. The summed E-state index contributed by atoms with van der Waals surface area (Å²) < 4.78 is 25.9. The van der Waals surface area contributed by atoms with Crippen molar-refractivity contribution in [1.82, 2.24) is 0 Å². The van der Waals surface area contributed by atoms with Crippen LogP contribution in [-0.2, 0) is 18.9 Å². The second-order valence-electron chi connectivity index (χ2n) is 17.5. The largest absolute Gasteiger partial charge is 0.388 e. The van der Waals surface area contributed by atoms with E-state index in [-0.39, 0.29) is 57.9 Å². The summed E-state index contributed by atoms with van der Waals surface area (Å²) in [7, 11) is 0. The first-order chi connectivity index (χ1) is 20.1. The van der Waals surface area contributed by atoms with Crippen molar-refractivity contribution in [3.8, 4) is 0 Å². The van der Waals surface area contributed by atoms with Crippen molar-refractivity contribution in [3.05, 3.63) is 12.2 Å². The van der Waals surface area contributed by atoms with Gasteiger partial charge >= 0.3 is 0 Å². The summed E-state index contributed by atoms with van der Waals surface area (Å²) in [5, 5.41) is 43.4. The van der Waals surface area contributed by atoms with Gasteiger partial charge < -0.3 is 39.4 Å². The summed E-state index contributed by atoms with van der Waals surface area (Å²) in [6, 6.07) is 0. The van der Waals surface area contributed by atoms with Crippen LogP contribution in [0.15, 0.2) is 12.2 Å². The lowest BCUT2D eigenvalue weighted by Gasteiger charge is -2.63. The lowest BCUT2D eigenvalue weighted by molar-refractivity contribution is -0.303. The molecule has 8 nitrogen and oxygen atoms in total. The predicted molar refractivity (Wildman–Crippen MR) is 157 cm³/mol. The fourth-order valence-corrected chi connectivity index (χ4v) is 13.8. The summed E-state index contributed by atoms with van der Waals surface area (Å²) in [5.41, 5.74) is 0.877. The van der Waals surface area contributed by atoms with Crippen molar-refractivity contribution in [2.24, 2.45) is 50.7 Å². The Morgan fingerprint density at radius 1 is 0.884 bits per heavy atom. The van der Waals surface area contributed by atoms with E-state index in [0.29, 0.717) is 17.8 Å². The minimum Gasteiger partial charge on any atom is -0.388 e. The highest BCUT2D eigenvalue weighted by molar-refractivity contribution is 5.34. The normalized spacial score (nSPS) is 62.8. The van der Waals surface area contributed by atoms with E-state index < -0.39 is 36.5 Å². The van der Waals surface area contributed by atoms with Gasteiger partial charge in [-0.25, -0.2) is 0 Å². The second kappa shape index (κ2) is 8.85. The van der Waals surface area contributed by atoms with Crippen molar-refractivity contribution in [3.63, 3.8) is 0 Å². The van der Waals surface area contributed by atoms with Crippen LogP contribution in [0.4, 0.5) is 0 Å². The predicted octanol–water partition coefficient (Wildman–Crippen LogP) is 3.93. The van der Waals surface area contributed by atoms with Crippen LogP contribution in [0.3, 0.4) is 0 Å². The highest BCUT2D eigenvalue weighted by Gasteiger charge is 2.88. The molecule has 0 aromatic rings. The first-order valence-electron chi connectivity index (χ1n) is 17.1. The van der Waals surface area contributed by atoms with E-state index in [1.165, 1.54) is 12.8 Å². The molecular weight excluding hydrogens is 548 g/mol.